The van der Waals surface area contributed by atoms with Crippen LogP contribution in [0.2, 0.25) is 0 Å². The summed E-state index contributed by atoms with van der Waals surface area (Å²) in [5.74, 6) is 0.349. The van der Waals surface area contributed by atoms with Crippen LogP contribution >= 0.6 is 0 Å². The lowest BCUT2D eigenvalue weighted by atomic mass is 10.1. The molecule has 7 heteroatoms. The third kappa shape index (κ3) is 6.43. The van der Waals surface area contributed by atoms with E-state index in [1.165, 1.54) is 13.3 Å². The molecular weight excluding hydrogens is 420 g/mol. The van der Waals surface area contributed by atoms with Gasteiger partial charge in [0.25, 0.3) is 5.91 Å². The Bertz CT molecular complexity index is 1100. The number of nitrogens with one attached hydrogen (secondary N) is 1. The van der Waals surface area contributed by atoms with Crippen molar-refractivity contribution in [1.29, 1.82) is 0 Å². The van der Waals surface area contributed by atoms with Gasteiger partial charge in [0.1, 0.15) is 11.8 Å². The summed E-state index contributed by atoms with van der Waals surface area (Å²) in [5.41, 5.74) is 2.15. The first-order chi connectivity index (χ1) is 16.0. The highest BCUT2D eigenvalue weighted by atomic mass is 16.6. The highest BCUT2D eigenvalue weighted by molar-refractivity contribution is 5.96. The van der Waals surface area contributed by atoms with Gasteiger partial charge >= 0.3 is 5.97 Å². The fourth-order valence-corrected chi connectivity index (χ4v) is 3.20. The van der Waals surface area contributed by atoms with Crippen molar-refractivity contribution in [2.75, 3.05) is 14.2 Å². The van der Waals surface area contributed by atoms with Crippen molar-refractivity contribution < 1.29 is 23.8 Å². The third-order valence-corrected chi connectivity index (χ3v) is 4.93. The monoisotopic (exact) mass is 446 g/mol. The van der Waals surface area contributed by atoms with Crippen LogP contribution in [0.1, 0.15) is 21.5 Å². The number of hydrogen-bond acceptors (Lipinski definition) is 6. The molecule has 3 aromatic rings. The average molecular weight is 447 g/mol. The quantitative estimate of drug-likeness (QED) is 0.290. The lowest BCUT2D eigenvalue weighted by molar-refractivity contribution is -0.136. The first-order valence-electron chi connectivity index (χ1n) is 10.4. The highest BCUT2D eigenvalue weighted by Crippen LogP contribution is 2.29. The van der Waals surface area contributed by atoms with Gasteiger partial charge in [-0.2, -0.15) is 0 Å². The number of nitrogens with zero attached hydrogens (tertiary/aromatic N) is 1. The number of aromatic nitrogens is 1. The van der Waals surface area contributed by atoms with Crippen molar-refractivity contribution >= 4 is 11.9 Å². The zero-order chi connectivity index (χ0) is 23.6. The summed E-state index contributed by atoms with van der Waals surface area (Å²) < 4.78 is 16.2. The number of carbonyl (C=O) groups is 2. The van der Waals surface area contributed by atoms with E-state index in [-0.39, 0.29) is 12.2 Å². The second-order valence-corrected chi connectivity index (χ2v) is 7.22. The second-order valence-electron chi connectivity index (χ2n) is 7.22. The van der Waals surface area contributed by atoms with Gasteiger partial charge in [-0.1, -0.05) is 24.3 Å². The topological polar surface area (TPSA) is 86.8 Å². The minimum atomic E-state index is -0.941. The first-order valence-corrected chi connectivity index (χ1v) is 10.4. The molecule has 7 nitrogen and oxygen atoms in total. The lowest BCUT2D eigenvalue weighted by Gasteiger charge is -2.19. The molecule has 1 heterocycles. The fraction of sp³-hybridized carbons (Fsp3) is 0.192. The number of methoxy groups -OCH3 is 2. The Balaban J connectivity index is 1.83. The number of rotatable bonds is 10. The van der Waals surface area contributed by atoms with E-state index in [1.807, 2.05) is 18.2 Å². The number of allylic oxidation sites excluding steroid dienone is 1. The molecule has 0 aliphatic rings. The van der Waals surface area contributed by atoms with Crippen molar-refractivity contribution in [2.24, 2.45) is 0 Å². The third-order valence-electron chi connectivity index (χ3n) is 4.93. The molecule has 1 unspecified atom stereocenters. The van der Waals surface area contributed by atoms with Crippen LogP contribution in [0.15, 0.2) is 79.6 Å². The van der Waals surface area contributed by atoms with Gasteiger partial charge in [-0.25, -0.2) is 4.79 Å². The molecule has 3 rings (SSSR count). The minimum Gasteiger partial charge on any atom is -0.497 e. The van der Waals surface area contributed by atoms with Crippen molar-refractivity contribution in [3.05, 3.63) is 96.3 Å². The largest absolute Gasteiger partial charge is 0.497 e. The van der Waals surface area contributed by atoms with Gasteiger partial charge in [-0.15, -0.1) is 6.58 Å². The van der Waals surface area contributed by atoms with Crippen molar-refractivity contribution in [1.82, 2.24) is 10.3 Å². The summed E-state index contributed by atoms with van der Waals surface area (Å²) >= 11 is 0. The predicted molar refractivity (Wildman–Crippen MR) is 125 cm³/mol. The Hall–Kier alpha value is -4.13. The Morgan fingerprint density at radius 1 is 1.03 bits per heavy atom. The smallest absolute Gasteiger partial charge is 0.334 e. The first kappa shape index (κ1) is 23.5. The molecule has 1 amide bonds. The van der Waals surface area contributed by atoms with E-state index in [4.69, 9.17) is 14.2 Å². The molecule has 0 bridgehead atoms. The van der Waals surface area contributed by atoms with Crippen LogP contribution in [-0.4, -0.2) is 37.1 Å². The van der Waals surface area contributed by atoms with Crippen molar-refractivity contribution in [3.63, 3.8) is 0 Å². The summed E-state index contributed by atoms with van der Waals surface area (Å²) in [4.78, 5) is 29.8. The molecule has 170 valence electrons. The Morgan fingerprint density at radius 3 is 2.42 bits per heavy atom. The minimum absolute atomic E-state index is 0.228. The number of pyridine rings is 1. The van der Waals surface area contributed by atoms with Gasteiger partial charge in [-0.05, 0) is 53.9 Å². The standard InChI is InChI=1S/C26H26N2O5/c1-4-6-18-10-13-23(24(16-18)32-3)33-26(30)22(15-19-8-11-21(31-2)12-9-19)28-25(29)20-7-5-14-27-17-20/h4-5,7-14,16-17,22H,1,6,15H2,2-3H3,(H,28,29). The normalized spacial score (nSPS) is 11.2. The molecule has 1 atom stereocenters. The summed E-state index contributed by atoms with van der Waals surface area (Å²) in [6.45, 7) is 3.73. The van der Waals surface area contributed by atoms with Gasteiger partial charge in [0, 0.05) is 18.8 Å². The predicted octanol–water partition coefficient (Wildman–Crippen LogP) is 3.77. The van der Waals surface area contributed by atoms with Crippen LogP contribution in [-0.2, 0) is 17.6 Å². The van der Waals surface area contributed by atoms with Crippen LogP contribution in [0.5, 0.6) is 17.2 Å². The zero-order valence-corrected chi connectivity index (χ0v) is 18.6. The van der Waals surface area contributed by atoms with Crippen molar-refractivity contribution in [3.8, 4) is 17.2 Å². The van der Waals surface area contributed by atoms with Gasteiger partial charge in [0.2, 0.25) is 0 Å². The lowest BCUT2D eigenvalue weighted by Crippen LogP contribution is -2.44. The second kappa shape index (κ2) is 11.5. The Morgan fingerprint density at radius 2 is 1.79 bits per heavy atom. The van der Waals surface area contributed by atoms with E-state index in [0.717, 1.165) is 11.1 Å². The molecule has 2 aromatic carbocycles. The molecule has 0 aliphatic heterocycles. The summed E-state index contributed by atoms with van der Waals surface area (Å²) in [6.07, 6.45) is 5.67. The SMILES string of the molecule is C=CCc1ccc(OC(=O)C(Cc2ccc(OC)cc2)NC(=O)c2cccnc2)c(OC)c1. The van der Waals surface area contributed by atoms with Crippen LogP contribution < -0.4 is 19.5 Å². The molecule has 0 saturated carbocycles. The number of hydrogen-bond donors (Lipinski definition) is 1. The van der Waals surface area contributed by atoms with Crippen LogP contribution in [0.4, 0.5) is 0 Å². The number of benzene rings is 2. The van der Waals surface area contributed by atoms with Gasteiger partial charge in [0.05, 0.1) is 19.8 Å². The van der Waals surface area contributed by atoms with Gasteiger partial charge in [-0.3, -0.25) is 9.78 Å². The van der Waals surface area contributed by atoms with Crippen LogP contribution in [0.3, 0.4) is 0 Å². The molecule has 0 radical (unpaired) electrons. The summed E-state index contributed by atoms with van der Waals surface area (Å²) in [6, 6.07) is 14.9. The molecular formula is C26H26N2O5. The number of carbonyl (C=O) groups excluding carboxylic acids is 2. The number of ether oxygens (including phenoxy) is 3. The van der Waals surface area contributed by atoms with Crippen LogP contribution in [0, 0.1) is 0 Å². The molecule has 33 heavy (non-hydrogen) atoms. The van der Waals surface area contributed by atoms with Gasteiger partial charge < -0.3 is 19.5 Å². The van der Waals surface area contributed by atoms with Gasteiger partial charge in [0.15, 0.2) is 11.5 Å². The maximum Gasteiger partial charge on any atom is 0.334 e. The van der Waals surface area contributed by atoms with Crippen molar-refractivity contribution in [2.45, 2.75) is 18.9 Å². The molecule has 1 aromatic heterocycles. The number of esters is 1. The average Bonchev–Trinajstić information content (AvgIpc) is 2.85. The highest BCUT2D eigenvalue weighted by Gasteiger charge is 2.25. The fourth-order valence-electron chi connectivity index (χ4n) is 3.20. The zero-order valence-electron chi connectivity index (χ0n) is 18.6. The molecule has 1 N–H and O–H groups in total. The summed E-state index contributed by atoms with van der Waals surface area (Å²) in [7, 11) is 3.08. The van der Waals surface area contributed by atoms with E-state index in [2.05, 4.69) is 16.9 Å². The maximum atomic E-state index is 13.1. The van der Waals surface area contributed by atoms with E-state index in [9.17, 15) is 9.59 Å². The maximum absolute atomic E-state index is 13.1. The van der Waals surface area contributed by atoms with E-state index in [1.54, 1.807) is 55.8 Å². The van der Waals surface area contributed by atoms with E-state index in [0.29, 0.717) is 23.5 Å². The van der Waals surface area contributed by atoms with Crippen LogP contribution in [0.25, 0.3) is 0 Å². The number of amides is 1. The Labute approximate surface area is 193 Å². The van der Waals surface area contributed by atoms with E-state index >= 15 is 0 Å². The molecule has 0 fully saturated rings. The molecule has 0 spiro atoms. The van der Waals surface area contributed by atoms with E-state index < -0.39 is 17.9 Å². The molecule has 0 aliphatic carbocycles. The summed E-state index contributed by atoms with van der Waals surface area (Å²) in [5, 5.41) is 2.76. The molecule has 0 saturated heterocycles. The Kier molecular flexibility index (Phi) is 8.18.